The van der Waals surface area contributed by atoms with Gasteiger partial charge >= 0.3 is 0 Å². The first-order valence-electron chi connectivity index (χ1n) is 8.06. The number of allylic oxidation sites excluding steroid dienone is 2. The number of hydrogen-bond donors (Lipinski definition) is 2. The molecule has 0 unspecified atom stereocenters. The molecule has 1 aliphatic rings. The summed E-state index contributed by atoms with van der Waals surface area (Å²) in [6, 6.07) is 7.26. The van der Waals surface area contributed by atoms with Gasteiger partial charge in [-0.2, -0.15) is 0 Å². The van der Waals surface area contributed by atoms with Crippen molar-refractivity contribution in [1.29, 1.82) is 0 Å². The predicted octanol–water partition coefficient (Wildman–Crippen LogP) is 2.28. The van der Waals surface area contributed by atoms with Crippen molar-refractivity contribution >= 4 is 11.6 Å². The number of amides is 1. The highest BCUT2D eigenvalue weighted by atomic mass is 16.5. The van der Waals surface area contributed by atoms with Crippen LogP contribution in [-0.4, -0.2) is 49.3 Å². The fourth-order valence-corrected chi connectivity index (χ4v) is 2.58. The molecular formula is C18H26N2O3. The van der Waals surface area contributed by atoms with E-state index in [0.29, 0.717) is 12.3 Å². The smallest absolute Gasteiger partial charge is 0.227 e. The first kappa shape index (κ1) is 17.5. The van der Waals surface area contributed by atoms with Crippen LogP contribution in [0.4, 0.5) is 5.69 Å². The lowest BCUT2D eigenvalue weighted by molar-refractivity contribution is -0.120. The summed E-state index contributed by atoms with van der Waals surface area (Å²) in [5.74, 6) is 0.822. The van der Waals surface area contributed by atoms with Crippen LogP contribution < -0.4 is 10.1 Å². The molecule has 0 fully saturated rings. The molecule has 0 saturated carbocycles. The van der Waals surface area contributed by atoms with E-state index < -0.39 is 6.10 Å². The number of benzene rings is 1. The van der Waals surface area contributed by atoms with Crippen molar-refractivity contribution in [3.8, 4) is 5.75 Å². The van der Waals surface area contributed by atoms with Crippen LogP contribution in [0.5, 0.6) is 5.75 Å². The Bertz CT molecular complexity index is 526. The monoisotopic (exact) mass is 318 g/mol. The summed E-state index contributed by atoms with van der Waals surface area (Å²) in [5.41, 5.74) is 0.769. The van der Waals surface area contributed by atoms with Crippen LogP contribution in [-0.2, 0) is 4.79 Å². The van der Waals surface area contributed by atoms with Crippen LogP contribution in [0.1, 0.15) is 19.3 Å². The van der Waals surface area contributed by atoms with Crippen LogP contribution in [0.25, 0.3) is 0 Å². The Kier molecular flexibility index (Phi) is 6.62. The van der Waals surface area contributed by atoms with E-state index in [0.717, 1.165) is 24.9 Å². The SMILES string of the molecule is CN(C)C[C@@H](O)COc1ccc(NC(=O)[C@H]2CC=CCC2)cc1. The third-order valence-corrected chi connectivity index (χ3v) is 3.78. The fourth-order valence-electron chi connectivity index (χ4n) is 2.58. The van der Waals surface area contributed by atoms with Gasteiger partial charge in [-0.1, -0.05) is 12.2 Å². The van der Waals surface area contributed by atoms with Crippen molar-refractivity contribution in [3.63, 3.8) is 0 Å². The van der Waals surface area contributed by atoms with Crippen molar-refractivity contribution < 1.29 is 14.6 Å². The summed E-state index contributed by atoms with van der Waals surface area (Å²) < 4.78 is 5.55. The molecule has 1 amide bonds. The van der Waals surface area contributed by atoms with Crippen molar-refractivity contribution in [1.82, 2.24) is 4.90 Å². The van der Waals surface area contributed by atoms with Gasteiger partial charge in [-0.3, -0.25) is 4.79 Å². The van der Waals surface area contributed by atoms with Crippen molar-refractivity contribution in [2.24, 2.45) is 5.92 Å². The Balaban J connectivity index is 1.80. The van der Waals surface area contributed by atoms with Gasteiger partial charge in [0.15, 0.2) is 0 Å². The quantitative estimate of drug-likeness (QED) is 0.757. The number of nitrogens with one attached hydrogen (secondary N) is 1. The average molecular weight is 318 g/mol. The summed E-state index contributed by atoms with van der Waals surface area (Å²) >= 11 is 0. The molecule has 126 valence electrons. The molecule has 5 heteroatoms. The Morgan fingerprint density at radius 2 is 2.09 bits per heavy atom. The molecule has 0 saturated heterocycles. The third kappa shape index (κ3) is 6.04. The maximum atomic E-state index is 12.2. The number of carbonyl (C=O) groups excluding carboxylic acids is 1. The number of ether oxygens (including phenoxy) is 1. The molecule has 0 aliphatic heterocycles. The van der Waals surface area contributed by atoms with Crippen LogP contribution >= 0.6 is 0 Å². The van der Waals surface area contributed by atoms with Gasteiger partial charge in [0.25, 0.3) is 0 Å². The van der Waals surface area contributed by atoms with E-state index in [1.165, 1.54) is 0 Å². The number of carbonyl (C=O) groups is 1. The lowest BCUT2D eigenvalue weighted by atomic mass is 9.93. The summed E-state index contributed by atoms with van der Waals surface area (Å²) in [6.45, 7) is 0.808. The van der Waals surface area contributed by atoms with Crippen LogP contribution in [0, 0.1) is 5.92 Å². The van der Waals surface area contributed by atoms with E-state index in [1.54, 1.807) is 12.1 Å². The molecule has 1 aromatic rings. The van der Waals surface area contributed by atoms with Crippen LogP contribution in [0.3, 0.4) is 0 Å². The van der Waals surface area contributed by atoms with Gasteiger partial charge in [0.2, 0.25) is 5.91 Å². The van der Waals surface area contributed by atoms with Gasteiger partial charge in [-0.15, -0.1) is 0 Å². The number of hydrogen-bond acceptors (Lipinski definition) is 4. The number of nitrogens with zero attached hydrogens (tertiary/aromatic N) is 1. The number of aliphatic hydroxyl groups excluding tert-OH is 1. The molecular weight excluding hydrogens is 292 g/mol. The van der Waals surface area contributed by atoms with Gasteiger partial charge in [0.1, 0.15) is 18.5 Å². The minimum atomic E-state index is -0.524. The van der Waals surface area contributed by atoms with Gasteiger partial charge in [0, 0.05) is 18.2 Å². The first-order chi connectivity index (χ1) is 11.0. The molecule has 2 rings (SSSR count). The Morgan fingerprint density at radius 1 is 1.35 bits per heavy atom. The van der Waals surface area contributed by atoms with E-state index in [-0.39, 0.29) is 18.4 Å². The summed E-state index contributed by atoms with van der Waals surface area (Å²) in [7, 11) is 3.81. The molecule has 0 bridgehead atoms. The average Bonchev–Trinajstić information content (AvgIpc) is 2.54. The second-order valence-electron chi connectivity index (χ2n) is 6.22. The van der Waals surface area contributed by atoms with Crippen molar-refractivity contribution in [3.05, 3.63) is 36.4 Å². The summed E-state index contributed by atoms with van der Waals surface area (Å²) in [5, 5.41) is 12.7. The maximum absolute atomic E-state index is 12.2. The normalized spacial score (nSPS) is 18.7. The lowest BCUT2D eigenvalue weighted by Crippen LogP contribution is -2.30. The maximum Gasteiger partial charge on any atom is 0.227 e. The second-order valence-corrected chi connectivity index (χ2v) is 6.22. The van der Waals surface area contributed by atoms with Gasteiger partial charge in [-0.05, 0) is 57.6 Å². The molecule has 0 heterocycles. The molecule has 0 radical (unpaired) electrons. The number of rotatable bonds is 7. The highest BCUT2D eigenvalue weighted by Gasteiger charge is 2.18. The first-order valence-corrected chi connectivity index (χ1v) is 8.06. The zero-order valence-corrected chi connectivity index (χ0v) is 13.9. The van der Waals surface area contributed by atoms with Gasteiger partial charge in [-0.25, -0.2) is 0 Å². The number of likely N-dealkylation sites (N-methyl/N-ethyl adjacent to an activating group) is 1. The van der Waals surface area contributed by atoms with Gasteiger partial charge in [0.05, 0.1) is 0 Å². The Labute approximate surface area is 137 Å². The largest absolute Gasteiger partial charge is 0.491 e. The zero-order chi connectivity index (χ0) is 16.7. The molecule has 0 aromatic heterocycles. The van der Waals surface area contributed by atoms with Crippen LogP contribution in [0.15, 0.2) is 36.4 Å². The molecule has 5 nitrogen and oxygen atoms in total. The van der Waals surface area contributed by atoms with E-state index >= 15 is 0 Å². The predicted molar refractivity (Wildman–Crippen MR) is 91.6 cm³/mol. The molecule has 1 aliphatic carbocycles. The summed E-state index contributed by atoms with van der Waals surface area (Å²) in [6.07, 6.45) is 6.37. The minimum absolute atomic E-state index is 0.0668. The van der Waals surface area contributed by atoms with Crippen LogP contribution in [0.2, 0.25) is 0 Å². The molecule has 0 spiro atoms. The van der Waals surface area contributed by atoms with E-state index in [9.17, 15) is 9.90 Å². The third-order valence-electron chi connectivity index (χ3n) is 3.78. The van der Waals surface area contributed by atoms with Gasteiger partial charge < -0.3 is 20.1 Å². The lowest BCUT2D eigenvalue weighted by Gasteiger charge is -2.18. The molecule has 1 aromatic carbocycles. The Morgan fingerprint density at radius 3 is 2.70 bits per heavy atom. The van der Waals surface area contributed by atoms with E-state index in [4.69, 9.17) is 4.74 Å². The Hall–Kier alpha value is -1.85. The zero-order valence-electron chi connectivity index (χ0n) is 13.9. The number of anilines is 1. The van der Waals surface area contributed by atoms with Crippen molar-refractivity contribution in [2.45, 2.75) is 25.4 Å². The summed E-state index contributed by atoms with van der Waals surface area (Å²) in [4.78, 5) is 14.1. The number of aliphatic hydroxyl groups is 1. The molecule has 2 atom stereocenters. The topological polar surface area (TPSA) is 61.8 Å². The van der Waals surface area contributed by atoms with Crippen molar-refractivity contribution in [2.75, 3.05) is 32.6 Å². The standard InChI is InChI=1S/C18H26N2O3/c1-20(2)12-16(21)13-23-17-10-8-15(9-11-17)19-18(22)14-6-4-3-5-7-14/h3-4,8-11,14,16,21H,5-7,12-13H2,1-2H3,(H,19,22)/t14-,16+/m0/s1. The molecule has 23 heavy (non-hydrogen) atoms. The molecule has 2 N–H and O–H groups in total. The highest BCUT2D eigenvalue weighted by molar-refractivity contribution is 5.92. The second kappa shape index (κ2) is 8.70. The van der Waals surface area contributed by atoms with E-state index in [1.807, 2.05) is 31.1 Å². The fraction of sp³-hybridized carbons (Fsp3) is 0.500. The highest BCUT2D eigenvalue weighted by Crippen LogP contribution is 2.21. The minimum Gasteiger partial charge on any atom is -0.491 e. The van der Waals surface area contributed by atoms with E-state index in [2.05, 4.69) is 17.5 Å².